The average Bonchev–Trinajstić information content (AvgIpc) is 2.69. The zero-order valence-corrected chi connectivity index (χ0v) is 11.4. The summed E-state index contributed by atoms with van der Waals surface area (Å²) in [6.07, 6.45) is 5.81. The van der Waals surface area contributed by atoms with E-state index < -0.39 is 0 Å². The van der Waals surface area contributed by atoms with E-state index in [1.807, 2.05) is 6.07 Å². The predicted octanol–water partition coefficient (Wildman–Crippen LogP) is 3.68. The van der Waals surface area contributed by atoms with E-state index in [0.717, 1.165) is 29.4 Å². The monoisotopic (exact) mass is 260 g/mol. The number of hydrogen-bond donors (Lipinski definition) is 2. The van der Waals surface area contributed by atoms with Gasteiger partial charge in [0.25, 0.3) is 0 Å². The van der Waals surface area contributed by atoms with Gasteiger partial charge in [0.05, 0.1) is 0 Å². The fourth-order valence-electron chi connectivity index (χ4n) is 3.37. The van der Waals surface area contributed by atoms with Crippen molar-refractivity contribution in [2.45, 2.75) is 45.1 Å². The molecule has 0 aliphatic heterocycles. The first-order valence-corrected chi connectivity index (χ1v) is 7.17. The smallest absolute Gasteiger partial charge is 0.123 e. The summed E-state index contributed by atoms with van der Waals surface area (Å²) in [4.78, 5) is 3.35. The quantitative estimate of drug-likeness (QED) is 0.850. The molecule has 2 aromatic rings. The van der Waals surface area contributed by atoms with Crippen LogP contribution in [-0.4, -0.2) is 11.0 Å². The first-order valence-electron chi connectivity index (χ1n) is 7.17. The first kappa shape index (κ1) is 12.7. The molecular weight excluding hydrogens is 239 g/mol. The Balaban J connectivity index is 1.95. The molecule has 1 heterocycles. The number of benzene rings is 1. The summed E-state index contributed by atoms with van der Waals surface area (Å²) in [5, 5.41) is 1.02. The molecule has 0 bridgehead atoms. The highest BCUT2D eigenvalue weighted by molar-refractivity contribution is 5.84. The van der Waals surface area contributed by atoms with Gasteiger partial charge in [-0.1, -0.05) is 12.8 Å². The van der Waals surface area contributed by atoms with Crippen molar-refractivity contribution >= 4 is 10.9 Å². The van der Waals surface area contributed by atoms with Gasteiger partial charge >= 0.3 is 0 Å². The molecule has 3 rings (SSSR count). The van der Waals surface area contributed by atoms with Crippen molar-refractivity contribution in [2.24, 2.45) is 11.7 Å². The molecule has 3 heteroatoms. The number of nitrogens with two attached hydrogens (primary N) is 1. The maximum absolute atomic E-state index is 13.4. The Morgan fingerprint density at radius 1 is 1.32 bits per heavy atom. The van der Waals surface area contributed by atoms with Crippen LogP contribution in [-0.2, 0) is 6.42 Å². The van der Waals surface area contributed by atoms with E-state index in [9.17, 15) is 4.39 Å². The summed E-state index contributed by atoms with van der Waals surface area (Å²) < 4.78 is 13.4. The molecule has 1 aliphatic rings. The zero-order valence-electron chi connectivity index (χ0n) is 11.4. The highest BCUT2D eigenvalue weighted by Crippen LogP contribution is 2.31. The van der Waals surface area contributed by atoms with Crippen molar-refractivity contribution in [3.05, 3.63) is 35.3 Å². The van der Waals surface area contributed by atoms with Crippen LogP contribution in [0.25, 0.3) is 10.9 Å². The second-order valence-corrected chi connectivity index (χ2v) is 5.83. The molecule has 19 heavy (non-hydrogen) atoms. The molecule has 1 aromatic heterocycles. The molecule has 1 saturated carbocycles. The molecule has 0 radical (unpaired) electrons. The molecule has 1 aliphatic carbocycles. The van der Waals surface area contributed by atoms with Crippen LogP contribution in [0.5, 0.6) is 0 Å². The lowest BCUT2D eigenvalue weighted by Gasteiger charge is -2.28. The van der Waals surface area contributed by atoms with Crippen LogP contribution in [0.1, 0.15) is 36.9 Å². The number of hydrogen-bond acceptors (Lipinski definition) is 1. The summed E-state index contributed by atoms with van der Waals surface area (Å²) in [6.45, 7) is 2.07. The number of fused-ring (bicyclic) bond motifs is 1. The maximum atomic E-state index is 13.4. The number of aromatic amines is 1. The Morgan fingerprint density at radius 3 is 2.89 bits per heavy atom. The van der Waals surface area contributed by atoms with Gasteiger partial charge in [0.1, 0.15) is 5.82 Å². The van der Waals surface area contributed by atoms with Gasteiger partial charge in [-0.05, 0) is 55.9 Å². The van der Waals surface area contributed by atoms with Gasteiger partial charge in [0.2, 0.25) is 0 Å². The summed E-state index contributed by atoms with van der Waals surface area (Å²) >= 11 is 0. The summed E-state index contributed by atoms with van der Waals surface area (Å²) in [5.74, 6) is 0.371. The fraction of sp³-hybridized carbons (Fsp3) is 0.500. The molecule has 2 nitrogen and oxygen atoms in total. The minimum atomic E-state index is -0.166. The normalized spacial score (nSPS) is 23.9. The van der Waals surface area contributed by atoms with Gasteiger partial charge in [0.15, 0.2) is 0 Å². The lowest BCUT2D eigenvalue weighted by atomic mass is 9.81. The highest BCUT2D eigenvalue weighted by atomic mass is 19.1. The number of H-pyrrole nitrogens is 1. The van der Waals surface area contributed by atoms with Gasteiger partial charge in [-0.2, -0.15) is 0 Å². The lowest BCUT2D eigenvalue weighted by Crippen LogP contribution is -2.34. The van der Waals surface area contributed by atoms with E-state index in [2.05, 4.69) is 11.9 Å². The molecular formula is C16H21FN2. The van der Waals surface area contributed by atoms with Crippen molar-refractivity contribution in [3.8, 4) is 0 Å². The lowest BCUT2D eigenvalue weighted by molar-refractivity contribution is 0.306. The van der Waals surface area contributed by atoms with Gasteiger partial charge in [-0.15, -0.1) is 0 Å². The maximum Gasteiger partial charge on any atom is 0.123 e. The first-order chi connectivity index (χ1) is 9.15. The molecule has 102 valence electrons. The van der Waals surface area contributed by atoms with Crippen LogP contribution < -0.4 is 5.73 Å². The summed E-state index contributed by atoms with van der Waals surface area (Å²) in [6, 6.07) is 5.27. The fourth-order valence-corrected chi connectivity index (χ4v) is 3.37. The summed E-state index contributed by atoms with van der Waals surface area (Å²) in [5.41, 5.74) is 9.66. The largest absolute Gasteiger partial charge is 0.358 e. The zero-order chi connectivity index (χ0) is 13.4. The average molecular weight is 260 g/mol. The highest BCUT2D eigenvalue weighted by Gasteiger charge is 2.24. The molecule has 0 saturated heterocycles. The second-order valence-electron chi connectivity index (χ2n) is 5.83. The van der Waals surface area contributed by atoms with Crippen molar-refractivity contribution < 1.29 is 4.39 Å². The second kappa shape index (κ2) is 4.97. The van der Waals surface area contributed by atoms with Gasteiger partial charge in [-0.25, -0.2) is 4.39 Å². The third-order valence-corrected chi connectivity index (χ3v) is 4.52. The minimum absolute atomic E-state index is 0.166. The molecule has 0 amide bonds. The van der Waals surface area contributed by atoms with E-state index in [4.69, 9.17) is 5.73 Å². The molecule has 2 atom stereocenters. The number of rotatable bonds is 2. The van der Waals surface area contributed by atoms with Crippen LogP contribution in [0.3, 0.4) is 0 Å². The van der Waals surface area contributed by atoms with E-state index in [1.165, 1.54) is 30.9 Å². The van der Waals surface area contributed by atoms with Crippen molar-refractivity contribution in [1.29, 1.82) is 0 Å². The standard InChI is InChI=1S/C16H21FN2/c1-10-13(8-11-4-2-3-5-15(11)18)14-9-12(17)6-7-16(14)19-10/h6-7,9,11,15,19H,2-5,8,18H2,1H3. The van der Waals surface area contributed by atoms with Crippen molar-refractivity contribution in [3.63, 3.8) is 0 Å². The Labute approximate surface area is 113 Å². The molecule has 2 unspecified atom stereocenters. The van der Waals surface area contributed by atoms with E-state index >= 15 is 0 Å². The molecule has 1 fully saturated rings. The van der Waals surface area contributed by atoms with Crippen LogP contribution in [0, 0.1) is 18.7 Å². The Kier molecular flexibility index (Phi) is 3.31. The van der Waals surface area contributed by atoms with Gasteiger partial charge < -0.3 is 10.7 Å². The SMILES string of the molecule is Cc1[nH]c2ccc(F)cc2c1CC1CCCCC1N. The Bertz CT molecular complexity index is 588. The Hall–Kier alpha value is -1.35. The number of aryl methyl sites for hydroxylation is 1. The van der Waals surface area contributed by atoms with Crippen LogP contribution in [0.4, 0.5) is 4.39 Å². The van der Waals surface area contributed by atoms with Crippen molar-refractivity contribution in [1.82, 2.24) is 4.98 Å². The van der Waals surface area contributed by atoms with Crippen molar-refractivity contribution in [2.75, 3.05) is 0 Å². The van der Waals surface area contributed by atoms with E-state index in [1.54, 1.807) is 6.07 Å². The topological polar surface area (TPSA) is 41.8 Å². The number of halogens is 1. The molecule has 1 aromatic carbocycles. The van der Waals surface area contributed by atoms with Crippen LogP contribution >= 0.6 is 0 Å². The molecule has 3 N–H and O–H groups in total. The van der Waals surface area contributed by atoms with Crippen LogP contribution in [0.15, 0.2) is 18.2 Å². The number of nitrogens with one attached hydrogen (secondary N) is 1. The number of aromatic nitrogens is 1. The van der Waals surface area contributed by atoms with E-state index in [0.29, 0.717) is 12.0 Å². The predicted molar refractivity (Wildman–Crippen MR) is 76.6 cm³/mol. The third-order valence-electron chi connectivity index (χ3n) is 4.52. The minimum Gasteiger partial charge on any atom is -0.358 e. The Morgan fingerprint density at radius 2 is 2.11 bits per heavy atom. The molecule has 0 spiro atoms. The van der Waals surface area contributed by atoms with Crippen LogP contribution in [0.2, 0.25) is 0 Å². The summed E-state index contributed by atoms with van der Waals surface area (Å²) in [7, 11) is 0. The van der Waals surface area contributed by atoms with E-state index in [-0.39, 0.29) is 5.82 Å². The van der Waals surface area contributed by atoms with Gasteiger partial charge in [-0.3, -0.25) is 0 Å². The van der Waals surface area contributed by atoms with Gasteiger partial charge in [0, 0.05) is 22.6 Å². The third kappa shape index (κ3) is 2.39.